The van der Waals surface area contributed by atoms with Crippen molar-refractivity contribution in [2.24, 2.45) is 0 Å². The van der Waals surface area contributed by atoms with Gasteiger partial charge in [-0.2, -0.15) is 0 Å². The monoisotopic (exact) mass is 291 g/mol. The van der Waals surface area contributed by atoms with Crippen LogP contribution in [-0.2, 0) is 14.3 Å². The Labute approximate surface area is 119 Å². The van der Waals surface area contributed by atoms with E-state index in [1.54, 1.807) is 4.90 Å². The second kappa shape index (κ2) is 7.67. The van der Waals surface area contributed by atoms with E-state index in [1.165, 1.54) is 7.11 Å². The van der Waals surface area contributed by atoms with Gasteiger partial charge in [0, 0.05) is 33.3 Å². The third-order valence-electron chi connectivity index (χ3n) is 3.57. The highest BCUT2D eigenvalue weighted by molar-refractivity contribution is 5.85. The van der Waals surface area contributed by atoms with Crippen LogP contribution in [0.1, 0.15) is 12.8 Å². The minimum absolute atomic E-state index is 0. The number of amides is 2. The van der Waals surface area contributed by atoms with Gasteiger partial charge in [-0.05, 0) is 19.4 Å². The molecule has 0 unspecified atom stereocenters. The first kappa shape index (κ1) is 16.2. The molecule has 6 nitrogen and oxygen atoms in total. The molecular weight excluding hydrogens is 270 g/mol. The van der Waals surface area contributed by atoms with Crippen LogP contribution >= 0.6 is 12.4 Å². The smallest absolute Gasteiger partial charge is 0.248 e. The predicted molar refractivity (Wildman–Crippen MR) is 73.3 cm³/mol. The van der Waals surface area contributed by atoms with Gasteiger partial charge in [-0.3, -0.25) is 9.59 Å². The summed E-state index contributed by atoms with van der Waals surface area (Å²) in [4.78, 5) is 27.4. The lowest BCUT2D eigenvalue weighted by molar-refractivity contribution is -0.142. The number of piperazine rings is 1. The van der Waals surface area contributed by atoms with Gasteiger partial charge in [0.1, 0.15) is 6.61 Å². The number of methoxy groups -OCH3 is 1. The average molecular weight is 292 g/mol. The van der Waals surface area contributed by atoms with E-state index < -0.39 is 0 Å². The number of carbonyl (C=O) groups excluding carboxylic acids is 2. The molecule has 0 aromatic heterocycles. The second-order valence-electron chi connectivity index (χ2n) is 4.79. The van der Waals surface area contributed by atoms with E-state index >= 15 is 0 Å². The minimum Gasteiger partial charge on any atom is -0.375 e. The van der Waals surface area contributed by atoms with Crippen molar-refractivity contribution in [3.8, 4) is 0 Å². The van der Waals surface area contributed by atoms with Crippen LogP contribution in [0.2, 0.25) is 0 Å². The van der Waals surface area contributed by atoms with E-state index in [0.29, 0.717) is 26.2 Å². The normalized spacial score (nSPS) is 23.1. The zero-order valence-corrected chi connectivity index (χ0v) is 12.1. The number of ether oxygens (including phenoxy) is 1. The molecule has 2 amide bonds. The molecule has 2 rings (SSSR count). The van der Waals surface area contributed by atoms with E-state index in [0.717, 1.165) is 19.4 Å². The molecule has 0 radical (unpaired) electrons. The molecule has 1 N–H and O–H groups in total. The summed E-state index contributed by atoms with van der Waals surface area (Å²) in [6.07, 6.45) is 2.00. The quantitative estimate of drug-likeness (QED) is 0.760. The van der Waals surface area contributed by atoms with Crippen LogP contribution in [0, 0.1) is 0 Å². The van der Waals surface area contributed by atoms with Gasteiger partial charge in [0.25, 0.3) is 0 Å². The van der Waals surface area contributed by atoms with E-state index in [9.17, 15) is 9.59 Å². The predicted octanol–water partition coefficient (Wildman–Crippen LogP) is -0.523. The highest BCUT2D eigenvalue weighted by Gasteiger charge is 2.30. The fourth-order valence-electron chi connectivity index (χ4n) is 2.51. The molecule has 0 aliphatic carbocycles. The molecule has 2 fully saturated rings. The molecular formula is C12H22ClN3O3. The van der Waals surface area contributed by atoms with Gasteiger partial charge >= 0.3 is 0 Å². The SMILES string of the molecule is COCC(=O)N1CCN(C(=O)[C@@H]2CCCN2)CC1.Cl. The van der Waals surface area contributed by atoms with Crippen molar-refractivity contribution in [1.29, 1.82) is 0 Å². The summed E-state index contributed by atoms with van der Waals surface area (Å²) in [5.41, 5.74) is 0. The summed E-state index contributed by atoms with van der Waals surface area (Å²) in [5.74, 6) is 0.190. The lowest BCUT2D eigenvalue weighted by Gasteiger charge is -2.35. The first-order valence-electron chi connectivity index (χ1n) is 6.51. The molecule has 0 spiro atoms. The Morgan fingerprint density at radius 3 is 2.37 bits per heavy atom. The molecule has 2 aliphatic heterocycles. The van der Waals surface area contributed by atoms with Gasteiger partial charge < -0.3 is 19.9 Å². The molecule has 110 valence electrons. The molecule has 0 aromatic carbocycles. The van der Waals surface area contributed by atoms with Crippen molar-refractivity contribution in [2.75, 3.05) is 46.4 Å². The number of rotatable bonds is 3. The Morgan fingerprint density at radius 2 is 1.84 bits per heavy atom. The van der Waals surface area contributed by atoms with Crippen LogP contribution in [0.3, 0.4) is 0 Å². The number of carbonyl (C=O) groups is 2. The highest BCUT2D eigenvalue weighted by atomic mass is 35.5. The Kier molecular flexibility index (Phi) is 6.54. The topological polar surface area (TPSA) is 61.9 Å². The molecule has 2 heterocycles. The number of hydrogen-bond acceptors (Lipinski definition) is 4. The molecule has 0 bridgehead atoms. The van der Waals surface area contributed by atoms with Gasteiger partial charge in [0.15, 0.2) is 0 Å². The van der Waals surface area contributed by atoms with Crippen molar-refractivity contribution in [3.05, 3.63) is 0 Å². The summed E-state index contributed by atoms with van der Waals surface area (Å²) >= 11 is 0. The Hall–Kier alpha value is -0.850. The van der Waals surface area contributed by atoms with Crippen molar-refractivity contribution in [3.63, 3.8) is 0 Å². The summed E-state index contributed by atoms with van der Waals surface area (Å²) in [6, 6.07) is -0.00812. The highest BCUT2D eigenvalue weighted by Crippen LogP contribution is 2.11. The van der Waals surface area contributed by atoms with Gasteiger partial charge in [-0.1, -0.05) is 0 Å². The number of halogens is 1. The van der Waals surface area contributed by atoms with E-state index in [1.807, 2.05) is 4.90 Å². The standard InChI is InChI=1S/C12H21N3O3.ClH/c1-18-9-11(16)14-5-7-15(8-6-14)12(17)10-3-2-4-13-10;/h10,13H,2-9H2,1H3;1H/t10-;/m0./s1. The van der Waals surface area contributed by atoms with Crippen molar-refractivity contribution < 1.29 is 14.3 Å². The lowest BCUT2D eigenvalue weighted by Crippen LogP contribution is -2.54. The zero-order valence-electron chi connectivity index (χ0n) is 11.3. The second-order valence-corrected chi connectivity index (χ2v) is 4.79. The molecule has 2 saturated heterocycles. The molecule has 0 saturated carbocycles. The Bertz CT molecular complexity index is 313. The van der Waals surface area contributed by atoms with Gasteiger partial charge in [-0.15, -0.1) is 12.4 Å². The van der Waals surface area contributed by atoms with Gasteiger partial charge in [0.05, 0.1) is 6.04 Å². The first-order chi connectivity index (χ1) is 8.72. The summed E-state index contributed by atoms with van der Waals surface area (Å²) < 4.78 is 4.83. The summed E-state index contributed by atoms with van der Waals surface area (Å²) in [6.45, 7) is 3.54. The molecule has 7 heteroatoms. The zero-order chi connectivity index (χ0) is 13.0. The largest absolute Gasteiger partial charge is 0.375 e. The molecule has 19 heavy (non-hydrogen) atoms. The van der Waals surface area contributed by atoms with Crippen molar-refractivity contribution in [2.45, 2.75) is 18.9 Å². The third kappa shape index (κ3) is 4.06. The van der Waals surface area contributed by atoms with Crippen molar-refractivity contribution in [1.82, 2.24) is 15.1 Å². The van der Waals surface area contributed by atoms with Gasteiger partial charge in [-0.25, -0.2) is 0 Å². The van der Waals surface area contributed by atoms with Crippen LogP contribution in [0.5, 0.6) is 0 Å². The number of hydrogen-bond donors (Lipinski definition) is 1. The summed E-state index contributed by atoms with van der Waals surface area (Å²) in [7, 11) is 1.52. The average Bonchev–Trinajstić information content (AvgIpc) is 2.92. The summed E-state index contributed by atoms with van der Waals surface area (Å²) in [5, 5.41) is 3.22. The van der Waals surface area contributed by atoms with E-state index in [-0.39, 0.29) is 36.9 Å². The van der Waals surface area contributed by atoms with Crippen LogP contribution in [0.25, 0.3) is 0 Å². The Balaban J connectivity index is 0.00000180. The third-order valence-corrected chi connectivity index (χ3v) is 3.57. The maximum Gasteiger partial charge on any atom is 0.248 e. The van der Waals surface area contributed by atoms with Crippen LogP contribution in [-0.4, -0.2) is 74.1 Å². The molecule has 0 aromatic rings. The number of nitrogens with zero attached hydrogens (tertiary/aromatic N) is 2. The molecule has 2 aliphatic rings. The minimum atomic E-state index is -0.00812. The maximum atomic E-state index is 12.1. The van der Waals surface area contributed by atoms with Crippen molar-refractivity contribution >= 4 is 24.2 Å². The first-order valence-corrected chi connectivity index (χ1v) is 6.51. The Morgan fingerprint density at radius 1 is 1.21 bits per heavy atom. The van der Waals surface area contributed by atoms with E-state index in [2.05, 4.69) is 5.32 Å². The fraction of sp³-hybridized carbons (Fsp3) is 0.833. The van der Waals surface area contributed by atoms with Crippen LogP contribution < -0.4 is 5.32 Å². The van der Waals surface area contributed by atoms with Crippen LogP contribution in [0.4, 0.5) is 0 Å². The fourth-order valence-corrected chi connectivity index (χ4v) is 2.51. The van der Waals surface area contributed by atoms with E-state index in [4.69, 9.17) is 4.74 Å². The number of nitrogens with one attached hydrogen (secondary N) is 1. The van der Waals surface area contributed by atoms with Gasteiger partial charge in [0.2, 0.25) is 11.8 Å². The van der Waals surface area contributed by atoms with Crippen LogP contribution in [0.15, 0.2) is 0 Å². The lowest BCUT2D eigenvalue weighted by atomic mass is 10.2. The maximum absolute atomic E-state index is 12.1. The molecule has 1 atom stereocenters.